The van der Waals surface area contributed by atoms with E-state index < -0.39 is 48.6 Å². The lowest BCUT2D eigenvalue weighted by Gasteiger charge is -2.31. The SMILES string of the molecule is C=CCOC(=O)N1c2cc(OCc3cc(COc4cc5c(cc4C)C(=O)N4CC(=C)C[C@H]4C(O)N5C(=O)OCC=C)cc(OCCOCCOCCOCC(=O)OC)c3)c(OC)cc2C(=O)N2CC(=C)CC2C1O. The number of hydrogen-bond acceptors (Lipinski definition) is 17. The predicted molar refractivity (Wildman–Crippen MR) is 266 cm³/mol. The van der Waals surface area contributed by atoms with Gasteiger partial charge in [-0.15, -0.1) is 0 Å². The third-order valence-electron chi connectivity index (χ3n) is 12.4. The second-order valence-corrected chi connectivity index (χ2v) is 17.6. The standard InChI is InChI=1S/C53H62N4O17/c1-8-10-71-52(63)56-40-25-44(34(5)20-38(40)48(59)54-27-32(3)18-42(54)50(56)61)73-29-35-21-36(23-37(22-35)70-17-16-68-13-12-67-14-15-69-31-47(58)66-7)30-74-46-26-41-39(24-45(46)65-6)49(60)55-28-33(4)19-43(55)51(62)57(41)53(64)72-11-9-2/h8-9,20-26,42-43,50-51,61-62H,1-4,10-19,27-31H2,5-7H3/t42-,43?,50?,51?/m0/s1. The molecule has 3 unspecified atom stereocenters. The normalized spacial score (nSPS) is 18.9. The van der Waals surface area contributed by atoms with Crippen molar-refractivity contribution in [3.8, 4) is 23.0 Å². The summed E-state index contributed by atoms with van der Waals surface area (Å²) < 4.78 is 56.4. The van der Waals surface area contributed by atoms with Gasteiger partial charge in [-0.25, -0.2) is 24.2 Å². The first kappa shape index (κ1) is 54.3. The summed E-state index contributed by atoms with van der Waals surface area (Å²) in [5, 5.41) is 23.3. The molecule has 0 aliphatic carbocycles. The van der Waals surface area contributed by atoms with Crippen LogP contribution in [0.25, 0.3) is 0 Å². The smallest absolute Gasteiger partial charge is 0.416 e. The second kappa shape index (κ2) is 25.0. The maximum Gasteiger partial charge on any atom is 0.416 e. The fourth-order valence-electron chi connectivity index (χ4n) is 8.95. The van der Waals surface area contributed by atoms with Gasteiger partial charge in [-0.3, -0.25) is 9.59 Å². The van der Waals surface area contributed by atoms with E-state index in [0.29, 0.717) is 33.8 Å². The van der Waals surface area contributed by atoms with Crippen molar-refractivity contribution in [2.75, 3.05) is 96.6 Å². The largest absolute Gasteiger partial charge is 0.493 e. The highest BCUT2D eigenvalue weighted by Gasteiger charge is 2.48. The van der Waals surface area contributed by atoms with Crippen molar-refractivity contribution in [3.05, 3.63) is 120 Å². The first-order chi connectivity index (χ1) is 35.7. The summed E-state index contributed by atoms with van der Waals surface area (Å²) in [7, 11) is 2.69. The number of nitrogens with zero attached hydrogens (tertiary/aromatic N) is 4. The highest BCUT2D eigenvalue weighted by atomic mass is 16.6. The van der Waals surface area contributed by atoms with E-state index in [1.807, 2.05) is 6.07 Å². The summed E-state index contributed by atoms with van der Waals surface area (Å²) in [5.41, 5.74) is 3.61. The molecular formula is C53H62N4O17. The predicted octanol–water partition coefficient (Wildman–Crippen LogP) is 5.23. The van der Waals surface area contributed by atoms with Gasteiger partial charge in [-0.1, -0.05) is 49.6 Å². The number of anilines is 2. The number of hydrogen-bond donors (Lipinski definition) is 2. The minimum atomic E-state index is -1.49. The van der Waals surface area contributed by atoms with Crippen molar-refractivity contribution in [3.63, 3.8) is 0 Å². The van der Waals surface area contributed by atoms with Gasteiger partial charge in [0.2, 0.25) is 0 Å². The molecule has 4 heterocycles. The molecule has 0 aromatic heterocycles. The lowest BCUT2D eigenvalue weighted by molar-refractivity contribution is -0.146. The maximum absolute atomic E-state index is 14.1. The molecule has 4 aliphatic heterocycles. The highest BCUT2D eigenvalue weighted by Crippen LogP contribution is 2.43. The maximum atomic E-state index is 14.1. The van der Waals surface area contributed by atoms with Gasteiger partial charge < -0.3 is 67.4 Å². The Morgan fingerprint density at radius 1 is 0.635 bits per heavy atom. The first-order valence-electron chi connectivity index (χ1n) is 23.8. The van der Waals surface area contributed by atoms with Gasteiger partial charge in [0.15, 0.2) is 24.0 Å². The number of amides is 4. The van der Waals surface area contributed by atoms with Crippen LogP contribution in [0.15, 0.2) is 92.1 Å². The number of methoxy groups -OCH3 is 2. The molecule has 74 heavy (non-hydrogen) atoms. The third-order valence-corrected chi connectivity index (χ3v) is 12.4. The Labute approximate surface area is 428 Å². The average Bonchev–Trinajstić information content (AvgIpc) is 3.96. The van der Waals surface area contributed by atoms with Crippen LogP contribution in [0.4, 0.5) is 21.0 Å². The van der Waals surface area contributed by atoms with E-state index in [-0.39, 0.29) is 139 Å². The molecule has 4 amide bonds. The van der Waals surface area contributed by atoms with E-state index in [1.54, 1.807) is 25.1 Å². The summed E-state index contributed by atoms with van der Waals surface area (Å²) in [6.45, 7) is 18.1. The molecule has 2 fully saturated rings. The Morgan fingerprint density at radius 2 is 1.12 bits per heavy atom. The Kier molecular flexibility index (Phi) is 18.4. The van der Waals surface area contributed by atoms with Crippen LogP contribution in [0.1, 0.15) is 50.2 Å². The second-order valence-electron chi connectivity index (χ2n) is 17.6. The van der Waals surface area contributed by atoms with Crippen LogP contribution in [-0.4, -0.2) is 161 Å². The summed E-state index contributed by atoms with van der Waals surface area (Å²) in [6, 6.07) is 9.82. The van der Waals surface area contributed by atoms with Crippen LogP contribution in [0, 0.1) is 6.92 Å². The van der Waals surface area contributed by atoms with Crippen LogP contribution in [0.2, 0.25) is 0 Å². The van der Waals surface area contributed by atoms with Crippen LogP contribution >= 0.6 is 0 Å². The lowest BCUT2D eigenvalue weighted by atomic mass is 10.1. The summed E-state index contributed by atoms with van der Waals surface area (Å²) in [4.78, 5) is 71.5. The zero-order valence-electron chi connectivity index (χ0n) is 41.7. The Morgan fingerprint density at radius 3 is 1.64 bits per heavy atom. The van der Waals surface area contributed by atoms with Crippen molar-refractivity contribution in [2.24, 2.45) is 0 Å². The number of carbonyl (C=O) groups is 5. The van der Waals surface area contributed by atoms with Gasteiger partial charge in [0.1, 0.15) is 51.1 Å². The number of ether oxygens (including phenoxy) is 10. The highest BCUT2D eigenvalue weighted by molar-refractivity contribution is 6.07. The van der Waals surface area contributed by atoms with Crippen LogP contribution in [0.3, 0.4) is 0 Å². The zero-order valence-corrected chi connectivity index (χ0v) is 41.7. The van der Waals surface area contributed by atoms with Gasteiger partial charge in [0.25, 0.3) is 11.8 Å². The Bertz CT molecular complexity index is 2640. The average molecular weight is 1030 g/mol. The van der Waals surface area contributed by atoms with E-state index in [9.17, 15) is 34.2 Å². The van der Waals surface area contributed by atoms with Gasteiger partial charge in [0.05, 0.1) is 81.8 Å². The van der Waals surface area contributed by atoms with Gasteiger partial charge in [-0.2, -0.15) is 0 Å². The molecule has 2 N–H and O–H groups in total. The first-order valence-corrected chi connectivity index (χ1v) is 23.8. The number of aliphatic hydroxyl groups is 2. The molecule has 3 aromatic rings. The molecular weight excluding hydrogens is 965 g/mol. The molecule has 3 aromatic carbocycles. The van der Waals surface area contributed by atoms with Gasteiger partial charge in [-0.05, 0) is 66.8 Å². The molecule has 2 saturated heterocycles. The van der Waals surface area contributed by atoms with E-state index in [2.05, 4.69) is 31.1 Å². The summed E-state index contributed by atoms with van der Waals surface area (Å²) >= 11 is 0. The fourth-order valence-corrected chi connectivity index (χ4v) is 8.95. The number of rotatable bonds is 23. The molecule has 4 atom stereocenters. The van der Waals surface area contributed by atoms with E-state index >= 15 is 0 Å². The number of fused-ring (bicyclic) bond motifs is 4. The minimum absolute atomic E-state index is 0.0413. The van der Waals surface area contributed by atoms with Gasteiger partial charge in [0, 0.05) is 25.2 Å². The third kappa shape index (κ3) is 12.5. The van der Waals surface area contributed by atoms with E-state index in [0.717, 1.165) is 15.4 Å². The van der Waals surface area contributed by atoms with Crippen molar-refractivity contribution < 1.29 is 81.6 Å². The summed E-state index contributed by atoms with van der Waals surface area (Å²) in [5.74, 6) is -0.289. The lowest BCUT2D eigenvalue weighted by Crippen LogP contribution is -2.50. The molecule has 21 nitrogen and oxygen atoms in total. The number of esters is 1. The van der Waals surface area contributed by atoms with Crippen LogP contribution in [-0.2, 0) is 46.4 Å². The Hall–Kier alpha value is -7.43. The van der Waals surface area contributed by atoms with Crippen LogP contribution < -0.4 is 28.7 Å². The number of carbonyl (C=O) groups excluding carboxylic acids is 5. The fraction of sp³-hybridized carbons (Fsp3) is 0.415. The molecule has 4 aliphatic rings. The summed E-state index contributed by atoms with van der Waals surface area (Å²) in [6.07, 6.45) is -1.41. The topological polar surface area (TPSA) is 231 Å². The van der Waals surface area contributed by atoms with E-state index in [4.69, 9.17) is 42.6 Å². The molecule has 0 radical (unpaired) electrons. The van der Waals surface area contributed by atoms with Crippen LogP contribution in [0.5, 0.6) is 23.0 Å². The monoisotopic (exact) mass is 1030 g/mol. The number of aliphatic hydroxyl groups excluding tert-OH is 2. The molecule has 21 heteroatoms. The van der Waals surface area contributed by atoms with E-state index in [1.165, 1.54) is 54.4 Å². The molecule has 396 valence electrons. The molecule has 0 spiro atoms. The number of aryl methyl sites for hydroxylation is 1. The van der Waals surface area contributed by atoms with Crippen molar-refractivity contribution >= 4 is 41.3 Å². The molecule has 7 rings (SSSR count). The van der Waals surface area contributed by atoms with Gasteiger partial charge >= 0.3 is 18.2 Å². The zero-order chi connectivity index (χ0) is 53.1. The number of benzene rings is 3. The molecule has 0 bridgehead atoms. The van der Waals surface area contributed by atoms with Crippen molar-refractivity contribution in [1.29, 1.82) is 0 Å². The quantitative estimate of drug-likeness (QED) is 0.0536. The minimum Gasteiger partial charge on any atom is -0.493 e. The van der Waals surface area contributed by atoms with Crippen molar-refractivity contribution in [1.82, 2.24) is 9.80 Å². The van der Waals surface area contributed by atoms with Crippen molar-refractivity contribution in [2.45, 2.75) is 57.5 Å². The molecule has 0 saturated carbocycles. The Balaban J connectivity index is 1.14.